The van der Waals surface area contributed by atoms with E-state index < -0.39 is 0 Å². The van der Waals surface area contributed by atoms with Crippen molar-refractivity contribution >= 4 is 17.3 Å². The Morgan fingerprint density at radius 3 is 2.78 bits per heavy atom. The summed E-state index contributed by atoms with van der Waals surface area (Å²) in [6.45, 7) is 3.90. The van der Waals surface area contributed by atoms with Crippen LogP contribution in [-0.2, 0) is 9.53 Å². The lowest BCUT2D eigenvalue weighted by atomic mass is 10.1. The van der Waals surface area contributed by atoms with E-state index in [-0.39, 0.29) is 5.91 Å². The van der Waals surface area contributed by atoms with Gasteiger partial charge in [-0.3, -0.25) is 4.79 Å². The number of nitrogens with zero attached hydrogens (tertiary/aromatic N) is 1. The number of benzene rings is 1. The second-order valence-electron chi connectivity index (χ2n) is 5.28. The molecule has 1 aliphatic heterocycles. The van der Waals surface area contributed by atoms with Gasteiger partial charge in [0.1, 0.15) is 0 Å². The van der Waals surface area contributed by atoms with Gasteiger partial charge in [-0.05, 0) is 31.2 Å². The molecule has 2 rings (SSSR count). The third-order valence-electron chi connectivity index (χ3n) is 3.57. The molecule has 124 valence electrons. The largest absolute Gasteiger partial charge is 0.378 e. The lowest BCUT2D eigenvalue weighted by Gasteiger charge is -2.30. The first kappa shape index (κ1) is 17.3. The lowest BCUT2D eigenvalue weighted by molar-refractivity contribution is -0.116. The molecule has 0 aromatic heterocycles. The summed E-state index contributed by atoms with van der Waals surface area (Å²) in [5, 5.41) is 2.89. The van der Waals surface area contributed by atoms with Crippen LogP contribution in [0.15, 0.2) is 18.2 Å². The van der Waals surface area contributed by atoms with Gasteiger partial charge < -0.3 is 26.4 Å². The van der Waals surface area contributed by atoms with Crippen LogP contribution in [0.1, 0.15) is 18.4 Å². The second-order valence-corrected chi connectivity index (χ2v) is 5.28. The smallest absolute Gasteiger partial charge is 0.224 e. The van der Waals surface area contributed by atoms with Crippen LogP contribution in [0.3, 0.4) is 0 Å². The normalized spacial score (nSPS) is 14.1. The van der Waals surface area contributed by atoms with Crippen molar-refractivity contribution < 1.29 is 9.53 Å². The number of anilines is 2. The van der Waals surface area contributed by atoms with Crippen LogP contribution >= 0.6 is 0 Å². The van der Waals surface area contributed by atoms with Crippen LogP contribution in [0.4, 0.5) is 11.4 Å². The Labute approximate surface area is 137 Å². The molecule has 5 N–H and O–H groups in total. The van der Waals surface area contributed by atoms with E-state index in [0.717, 1.165) is 30.0 Å². The van der Waals surface area contributed by atoms with Gasteiger partial charge in [0.25, 0.3) is 0 Å². The quantitative estimate of drug-likeness (QED) is 0.688. The van der Waals surface area contributed by atoms with E-state index in [0.29, 0.717) is 39.1 Å². The van der Waals surface area contributed by atoms with Crippen LogP contribution in [0.5, 0.6) is 0 Å². The third kappa shape index (κ3) is 5.25. The Hall–Kier alpha value is -2.07. The number of hydrogen-bond donors (Lipinski definition) is 3. The van der Waals surface area contributed by atoms with Gasteiger partial charge in [-0.15, -0.1) is 0 Å². The van der Waals surface area contributed by atoms with Crippen LogP contribution < -0.4 is 21.7 Å². The number of carbonyl (C=O) groups excluding carboxylic acids is 1. The molecule has 0 bridgehead atoms. The maximum atomic E-state index is 11.8. The Kier molecular flexibility index (Phi) is 6.88. The van der Waals surface area contributed by atoms with Crippen molar-refractivity contribution in [2.24, 2.45) is 11.5 Å². The van der Waals surface area contributed by atoms with Crippen LogP contribution in [0.25, 0.3) is 0 Å². The van der Waals surface area contributed by atoms with E-state index in [1.54, 1.807) is 0 Å². The molecule has 0 aliphatic carbocycles. The van der Waals surface area contributed by atoms with Gasteiger partial charge in [0.15, 0.2) is 0 Å². The Bertz CT molecular complexity index is 586. The monoisotopic (exact) mass is 316 g/mol. The van der Waals surface area contributed by atoms with Crippen LogP contribution in [0.2, 0.25) is 0 Å². The Balaban J connectivity index is 2.18. The molecule has 6 heteroatoms. The highest BCUT2D eigenvalue weighted by atomic mass is 16.5. The number of ether oxygens (including phenoxy) is 1. The van der Waals surface area contributed by atoms with Crippen molar-refractivity contribution in [3.63, 3.8) is 0 Å². The van der Waals surface area contributed by atoms with E-state index in [1.165, 1.54) is 0 Å². The first-order chi connectivity index (χ1) is 11.2. The summed E-state index contributed by atoms with van der Waals surface area (Å²) >= 11 is 0. The summed E-state index contributed by atoms with van der Waals surface area (Å²) in [5.74, 6) is 5.95. The van der Waals surface area contributed by atoms with Gasteiger partial charge in [-0.25, -0.2) is 0 Å². The number of nitrogens with two attached hydrogens (primary N) is 2. The van der Waals surface area contributed by atoms with Crippen molar-refractivity contribution in [3.05, 3.63) is 23.8 Å². The molecule has 23 heavy (non-hydrogen) atoms. The molecular weight excluding hydrogens is 292 g/mol. The van der Waals surface area contributed by atoms with Gasteiger partial charge in [0.05, 0.1) is 25.4 Å². The zero-order valence-corrected chi connectivity index (χ0v) is 13.3. The molecule has 0 radical (unpaired) electrons. The van der Waals surface area contributed by atoms with Gasteiger partial charge in [0, 0.05) is 30.8 Å². The first-order valence-electron chi connectivity index (χ1n) is 7.90. The fourth-order valence-electron chi connectivity index (χ4n) is 2.43. The van der Waals surface area contributed by atoms with E-state index in [4.69, 9.17) is 16.2 Å². The molecule has 0 atom stereocenters. The fourth-order valence-corrected chi connectivity index (χ4v) is 2.43. The number of morpholine rings is 1. The molecule has 0 spiro atoms. The fraction of sp³-hybridized carbons (Fsp3) is 0.471. The predicted molar refractivity (Wildman–Crippen MR) is 92.3 cm³/mol. The zero-order chi connectivity index (χ0) is 16.5. The van der Waals surface area contributed by atoms with E-state index in [9.17, 15) is 4.79 Å². The lowest BCUT2D eigenvalue weighted by Crippen LogP contribution is -2.36. The summed E-state index contributed by atoms with van der Waals surface area (Å²) in [7, 11) is 0. The molecule has 1 aliphatic rings. The molecule has 0 unspecified atom stereocenters. The predicted octanol–water partition coefficient (Wildman–Crippen LogP) is 0.511. The maximum Gasteiger partial charge on any atom is 0.224 e. The van der Waals surface area contributed by atoms with Crippen molar-refractivity contribution in [2.45, 2.75) is 12.8 Å². The summed E-state index contributed by atoms with van der Waals surface area (Å²) < 4.78 is 5.39. The number of carbonyl (C=O) groups is 1. The number of rotatable bonds is 5. The van der Waals surface area contributed by atoms with Crippen LogP contribution in [0, 0.1) is 11.8 Å². The Morgan fingerprint density at radius 1 is 1.30 bits per heavy atom. The van der Waals surface area contributed by atoms with Crippen LogP contribution in [-0.4, -0.2) is 45.3 Å². The number of nitrogens with one attached hydrogen (secondary N) is 1. The van der Waals surface area contributed by atoms with Crippen molar-refractivity contribution in [2.75, 3.05) is 49.6 Å². The molecular formula is C17H24N4O2. The molecule has 1 aromatic carbocycles. The summed E-state index contributed by atoms with van der Waals surface area (Å²) in [6, 6.07) is 5.79. The summed E-state index contributed by atoms with van der Waals surface area (Å²) in [4.78, 5) is 14.1. The minimum absolute atomic E-state index is 0.0349. The molecule has 1 fully saturated rings. The van der Waals surface area contributed by atoms with Gasteiger partial charge in [-0.1, -0.05) is 11.8 Å². The zero-order valence-electron chi connectivity index (χ0n) is 13.3. The Morgan fingerprint density at radius 2 is 2.09 bits per heavy atom. The molecule has 1 heterocycles. The maximum absolute atomic E-state index is 11.8. The summed E-state index contributed by atoms with van der Waals surface area (Å²) in [5.41, 5.74) is 13.6. The highest BCUT2D eigenvalue weighted by molar-refractivity contribution is 5.91. The number of amides is 1. The topological polar surface area (TPSA) is 93.6 Å². The van der Waals surface area contributed by atoms with Gasteiger partial charge in [0.2, 0.25) is 5.91 Å². The average molecular weight is 316 g/mol. The minimum Gasteiger partial charge on any atom is -0.378 e. The standard InChI is InChI=1S/C17H24N4O2/c18-7-1-3-14-13-15(20-17(22)4-2-8-19)5-6-16(14)21-9-11-23-12-10-21/h5-6,13H,2,4,7-12,18-19H2,(H,20,22). The van der Waals surface area contributed by atoms with Gasteiger partial charge >= 0.3 is 0 Å². The third-order valence-corrected chi connectivity index (χ3v) is 3.57. The SMILES string of the molecule is NCC#Cc1cc(NC(=O)CCCN)ccc1N1CCOCC1. The van der Waals surface area contributed by atoms with Crippen molar-refractivity contribution in [1.29, 1.82) is 0 Å². The van der Waals surface area contributed by atoms with E-state index in [1.807, 2.05) is 18.2 Å². The molecule has 1 amide bonds. The number of hydrogen-bond acceptors (Lipinski definition) is 5. The highest BCUT2D eigenvalue weighted by Crippen LogP contribution is 2.24. The summed E-state index contributed by atoms with van der Waals surface area (Å²) in [6.07, 6.45) is 1.10. The average Bonchev–Trinajstić information content (AvgIpc) is 2.59. The molecule has 6 nitrogen and oxygen atoms in total. The molecule has 0 saturated carbocycles. The minimum atomic E-state index is -0.0349. The first-order valence-corrected chi connectivity index (χ1v) is 7.90. The van der Waals surface area contributed by atoms with Crippen molar-refractivity contribution in [3.8, 4) is 11.8 Å². The van der Waals surface area contributed by atoms with Crippen molar-refractivity contribution in [1.82, 2.24) is 0 Å². The van der Waals surface area contributed by atoms with E-state index in [2.05, 4.69) is 22.1 Å². The molecule has 1 aromatic rings. The van der Waals surface area contributed by atoms with Gasteiger partial charge in [-0.2, -0.15) is 0 Å². The highest BCUT2D eigenvalue weighted by Gasteiger charge is 2.15. The van der Waals surface area contributed by atoms with E-state index >= 15 is 0 Å². The second kappa shape index (κ2) is 9.16. The molecule has 1 saturated heterocycles.